The number of nitrogens with zero attached hydrogens (tertiary/aromatic N) is 2. The lowest BCUT2D eigenvalue weighted by Gasteiger charge is -2.25. The molecule has 0 aliphatic carbocycles. The summed E-state index contributed by atoms with van der Waals surface area (Å²) in [5.41, 5.74) is 5.41. The second kappa shape index (κ2) is 6.13. The third-order valence-electron chi connectivity index (χ3n) is 5.48. The number of aromatic nitrogens is 1. The van der Waals surface area contributed by atoms with Gasteiger partial charge in [-0.3, -0.25) is 4.79 Å². The van der Waals surface area contributed by atoms with Gasteiger partial charge in [0.2, 0.25) is 0 Å². The molecular formula is C24H20N2O. The van der Waals surface area contributed by atoms with Crippen LogP contribution in [-0.4, -0.2) is 15.4 Å². The number of hydrogen-bond donors (Lipinski definition) is 0. The van der Waals surface area contributed by atoms with Crippen molar-refractivity contribution in [1.82, 2.24) is 9.47 Å². The van der Waals surface area contributed by atoms with E-state index in [1.807, 2.05) is 41.3 Å². The van der Waals surface area contributed by atoms with Gasteiger partial charge in [0.15, 0.2) is 0 Å². The van der Waals surface area contributed by atoms with Crippen molar-refractivity contribution in [2.45, 2.75) is 12.6 Å². The van der Waals surface area contributed by atoms with Crippen LogP contribution in [0.1, 0.15) is 33.1 Å². The molecule has 2 heterocycles. The highest BCUT2D eigenvalue weighted by molar-refractivity contribution is 6.00. The summed E-state index contributed by atoms with van der Waals surface area (Å²) in [6, 6.07) is 26.5. The molecule has 0 saturated carbocycles. The average Bonchev–Trinajstić information content (AvgIpc) is 3.18. The summed E-state index contributed by atoms with van der Waals surface area (Å²) in [5.74, 6) is 0.104. The van der Waals surface area contributed by atoms with Gasteiger partial charge in [-0.2, -0.15) is 0 Å². The van der Waals surface area contributed by atoms with E-state index in [9.17, 15) is 4.79 Å². The van der Waals surface area contributed by atoms with Crippen LogP contribution in [0.4, 0.5) is 0 Å². The third-order valence-corrected chi connectivity index (χ3v) is 5.48. The first kappa shape index (κ1) is 15.9. The molecule has 0 saturated heterocycles. The van der Waals surface area contributed by atoms with E-state index in [0.717, 1.165) is 16.7 Å². The number of hydrogen-bond acceptors (Lipinski definition) is 1. The van der Waals surface area contributed by atoms with Gasteiger partial charge in [0.05, 0.1) is 6.04 Å². The molecule has 1 aromatic heterocycles. The maximum atomic E-state index is 13.2. The Labute approximate surface area is 158 Å². The van der Waals surface area contributed by atoms with Gasteiger partial charge in [0.25, 0.3) is 5.91 Å². The van der Waals surface area contributed by atoms with E-state index in [1.165, 1.54) is 16.5 Å². The van der Waals surface area contributed by atoms with Crippen molar-refractivity contribution in [3.8, 4) is 0 Å². The SMILES string of the molecule is Cn1cc([C@H]2c3ccccc3C(=O)N2Cc2ccccc2)c2ccccc21. The lowest BCUT2D eigenvalue weighted by atomic mass is 9.97. The second-order valence-corrected chi connectivity index (χ2v) is 7.12. The Balaban J connectivity index is 1.69. The zero-order valence-corrected chi connectivity index (χ0v) is 15.2. The number of benzene rings is 3. The van der Waals surface area contributed by atoms with E-state index in [0.29, 0.717) is 6.54 Å². The Hall–Kier alpha value is -3.33. The highest BCUT2D eigenvalue weighted by Crippen LogP contribution is 2.42. The summed E-state index contributed by atoms with van der Waals surface area (Å²) < 4.78 is 2.15. The number of para-hydroxylation sites is 1. The lowest BCUT2D eigenvalue weighted by molar-refractivity contribution is 0.0736. The molecule has 3 aromatic carbocycles. The molecule has 27 heavy (non-hydrogen) atoms. The van der Waals surface area contributed by atoms with E-state index in [2.05, 4.69) is 60.3 Å². The molecule has 1 aliphatic heterocycles. The fraction of sp³-hybridized carbons (Fsp3) is 0.125. The molecule has 132 valence electrons. The van der Waals surface area contributed by atoms with Crippen molar-refractivity contribution in [2.24, 2.45) is 7.05 Å². The number of amides is 1. The van der Waals surface area contributed by atoms with Crippen molar-refractivity contribution in [2.75, 3.05) is 0 Å². The van der Waals surface area contributed by atoms with Crippen LogP contribution in [-0.2, 0) is 13.6 Å². The van der Waals surface area contributed by atoms with Gasteiger partial charge < -0.3 is 9.47 Å². The first-order valence-corrected chi connectivity index (χ1v) is 9.22. The van der Waals surface area contributed by atoms with Gasteiger partial charge in [0, 0.05) is 41.8 Å². The Morgan fingerprint density at radius 2 is 1.52 bits per heavy atom. The summed E-state index contributed by atoms with van der Waals surface area (Å²) in [6.07, 6.45) is 2.17. The number of carbonyl (C=O) groups excluding carboxylic acids is 1. The monoisotopic (exact) mass is 352 g/mol. The van der Waals surface area contributed by atoms with Crippen molar-refractivity contribution in [3.05, 3.63) is 107 Å². The Morgan fingerprint density at radius 3 is 2.37 bits per heavy atom. The fourth-order valence-electron chi connectivity index (χ4n) is 4.24. The van der Waals surface area contributed by atoms with Gasteiger partial charge in [-0.15, -0.1) is 0 Å². The van der Waals surface area contributed by atoms with E-state index in [1.54, 1.807) is 0 Å². The Kier molecular flexibility index (Phi) is 3.61. The standard InChI is InChI=1S/C24H20N2O/c1-25-16-21(18-11-7-8-14-22(18)25)23-19-12-5-6-13-20(19)24(27)26(23)15-17-9-3-2-4-10-17/h2-14,16,23H,15H2,1H3/t23-/m1/s1. The predicted molar refractivity (Wildman–Crippen MR) is 108 cm³/mol. The Bertz CT molecular complexity index is 1140. The average molecular weight is 352 g/mol. The van der Waals surface area contributed by atoms with Crippen LogP contribution < -0.4 is 0 Å². The van der Waals surface area contributed by atoms with Gasteiger partial charge in [-0.1, -0.05) is 66.7 Å². The summed E-state index contributed by atoms with van der Waals surface area (Å²) in [6.45, 7) is 0.599. The molecule has 0 bridgehead atoms. The van der Waals surface area contributed by atoms with Crippen molar-refractivity contribution >= 4 is 16.8 Å². The van der Waals surface area contributed by atoms with Gasteiger partial charge in [0.1, 0.15) is 0 Å². The van der Waals surface area contributed by atoms with Crippen LogP contribution in [0.2, 0.25) is 0 Å². The molecule has 1 amide bonds. The molecule has 1 atom stereocenters. The summed E-state index contributed by atoms with van der Waals surface area (Å²) in [5, 5.41) is 1.20. The van der Waals surface area contributed by atoms with Gasteiger partial charge in [-0.05, 0) is 23.3 Å². The van der Waals surface area contributed by atoms with Gasteiger partial charge >= 0.3 is 0 Å². The van der Waals surface area contributed by atoms with E-state index >= 15 is 0 Å². The van der Waals surface area contributed by atoms with E-state index in [4.69, 9.17) is 0 Å². The molecule has 0 N–H and O–H groups in total. The van der Waals surface area contributed by atoms with Gasteiger partial charge in [-0.25, -0.2) is 0 Å². The van der Waals surface area contributed by atoms with Crippen LogP contribution in [0.5, 0.6) is 0 Å². The van der Waals surface area contributed by atoms with Crippen LogP contribution in [0.25, 0.3) is 10.9 Å². The highest BCUT2D eigenvalue weighted by Gasteiger charge is 2.38. The third kappa shape index (κ3) is 2.47. The number of carbonyl (C=O) groups is 1. The van der Waals surface area contributed by atoms with Crippen molar-refractivity contribution in [1.29, 1.82) is 0 Å². The molecule has 3 nitrogen and oxygen atoms in total. The van der Waals surface area contributed by atoms with Crippen LogP contribution in [0.15, 0.2) is 85.1 Å². The highest BCUT2D eigenvalue weighted by atomic mass is 16.2. The zero-order chi connectivity index (χ0) is 18.4. The van der Waals surface area contributed by atoms with E-state index < -0.39 is 0 Å². The molecule has 0 radical (unpaired) electrons. The summed E-state index contributed by atoms with van der Waals surface area (Å²) in [7, 11) is 2.07. The first-order chi connectivity index (χ1) is 13.2. The number of aryl methyl sites for hydroxylation is 1. The van der Waals surface area contributed by atoms with E-state index in [-0.39, 0.29) is 11.9 Å². The molecule has 1 aliphatic rings. The molecule has 5 rings (SSSR count). The molecule has 0 fully saturated rings. The minimum absolute atomic E-state index is 0.0694. The summed E-state index contributed by atoms with van der Waals surface area (Å²) in [4.78, 5) is 15.2. The molecule has 4 aromatic rings. The zero-order valence-electron chi connectivity index (χ0n) is 15.2. The van der Waals surface area contributed by atoms with Crippen molar-refractivity contribution < 1.29 is 4.79 Å². The minimum atomic E-state index is -0.0694. The lowest BCUT2D eigenvalue weighted by Crippen LogP contribution is -2.28. The van der Waals surface area contributed by atoms with Crippen LogP contribution >= 0.6 is 0 Å². The second-order valence-electron chi connectivity index (χ2n) is 7.12. The van der Waals surface area contributed by atoms with Crippen LogP contribution in [0.3, 0.4) is 0 Å². The predicted octanol–water partition coefficient (Wildman–Crippen LogP) is 4.92. The van der Waals surface area contributed by atoms with Crippen LogP contribution in [0, 0.1) is 0 Å². The van der Waals surface area contributed by atoms with Crippen molar-refractivity contribution in [3.63, 3.8) is 0 Å². The minimum Gasteiger partial charge on any atom is -0.350 e. The first-order valence-electron chi connectivity index (χ1n) is 9.22. The molecule has 3 heteroatoms. The molecule has 0 spiro atoms. The largest absolute Gasteiger partial charge is 0.350 e. The quantitative estimate of drug-likeness (QED) is 0.513. The fourth-order valence-corrected chi connectivity index (χ4v) is 4.24. The Morgan fingerprint density at radius 1 is 0.815 bits per heavy atom. The summed E-state index contributed by atoms with van der Waals surface area (Å²) >= 11 is 0. The normalized spacial score (nSPS) is 16.1. The number of rotatable bonds is 3. The topological polar surface area (TPSA) is 25.2 Å². The number of fused-ring (bicyclic) bond motifs is 2. The molecular weight excluding hydrogens is 332 g/mol. The maximum Gasteiger partial charge on any atom is 0.255 e. The molecule has 0 unspecified atom stereocenters. The maximum absolute atomic E-state index is 13.2. The smallest absolute Gasteiger partial charge is 0.255 e.